The maximum Gasteiger partial charge on any atom is 0.00141 e. The van der Waals surface area contributed by atoms with E-state index in [0.29, 0.717) is 0 Å². The first-order valence-corrected chi connectivity index (χ1v) is 4.85. The van der Waals surface area contributed by atoms with E-state index < -0.39 is 0 Å². The average Bonchev–Trinajstić information content (AvgIpc) is 2.49. The van der Waals surface area contributed by atoms with E-state index in [1.54, 1.807) is 11.3 Å². The summed E-state index contributed by atoms with van der Waals surface area (Å²) in [5.41, 5.74) is 2.85. The smallest absolute Gasteiger partial charge is 0.00141 e. The van der Waals surface area contributed by atoms with Crippen molar-refractivity contribution in [1.29, 1.82) is 0 Å². The lowest BCUT2D eigenvalue weighted by atomic mass is 9.95. The van der Waals surface area contributed by atoms with E-state index in [9.17, 15) is 0 Å². The largest absolute Gasteiger partial charge is 0.149 e. The molecule has 0 aliphatic heterocycles. The van der Waals surface area contributed by atoms with Gasteiger partial charge in [-0.3, -0.25) is 0 Å². The lowest BCUT2D eigenvalue weighted by molar-refractivity contribution is 1.55. The van der Waals surface area contributed by atoms with Gasteiger partial charge in [0.15, 0.2) is 0 Å². The first-order chi connectivity index (χ1) is 5.86. The zero-order valence-corrected chi connectivity index (χ0v) is 7.77. The third-order valence-electron chi connectivity index (χ3n) is 1.88. The van der Waals surface area contributed by atoms with Gasteiger partial charge in [0.05, 0.1) is 0 Å². The van der Waals surface area contributed by atoms with Gasteiger partial charge in [0, 0.05) is 4.88 Å². The molecule has 0 fully saturated rings. The maximum atomic E-state index is 2.12. The minimum absolute atomic E-state index is 1.38. The molecule has 0 radical (unpaired) electrons. The van der Waals surface area contributed by atoms with Gasteiger partial charge in [0.2, 0.25) is 0 Å². The number of aryl methyl sites for hydroxylation is 1. The summed E-state index contributed by atoms with van der Waals surface area (Å²) in [6.45, 7) is 2.10. The van der Waals surface area contributed by atoms with Crippen LogP contribution in [0.3, 0.4) is 0 Å². The maximum absolute atomic E-state index is 2.12. The Morgan fingerprint density at radius 3 is 1.58 bits per heavy atom. The van der Waals surface area contributed by atoms with Crippen LogP contribution in [0, 0.1) is 6.92 Å². The van der Waals surface area contributed by atoms with E-state index in [2.05, 4.69) is 48.7 Å². The van der Waals surface area contributed by atoms with Gasteiger partial charge in [-0.2, -0.15) is 0 Å². The molecular weight excluding hydrogens is 164 g/mol. The fourth-order valence-corrected chi connectivity index (χ4v) is 1.55. The molecule has 0 N–H and O–H groups in total. The Bertz CT molecular complexity index is 322. The molecule has 0 unspecified atom stereocenters. The molecular formula is C11H10S. The van der Waals surface area contributed by atoms with Crippen LogP contribution in [0.5, 0.6) is 0 Å². The van der Waals surface area contributed by atoms with Crippen LogP contribution < -0.4 is 0 Å². The van der Waals surface area contributed by atoms with Crippen molar-refractivity contribution >= 4 is 11.3 Å². The van der Waals surface area contributed by atoms with E-state index in [-0.39, 0.29) is 0 Å². The monoisotopic (exact) mass is 174 g/mol. The van der Waals surface area contributed by atoms with Crippen LogP contribution in [0.25, 0.3) is 11.1 Å². The highest BCUT2D eigenvalue weighted by atomic mass is 32.1. The van der Waals surface area contributed by atoms with Crippen molar-refractivity contribution in [3.63, 3.8) is 0 Å². The Labute approximate surface area is 76.5 Å². The summed E-state index contributed by atoms with van der Waals surface area (Å²) in [4.78, 5) is 1.38. The van der Waals surface area contributed by atoms with Gasteiger partial charge >= 0.3 is 0 Å². The molecule has 0 spiro atoms. The predicted octanol–water partition coefficient (Wildman–Crippen LogP) is 3.72. The van der Waals surface area contributed by atoms with E-state index in [1.165, 1.54) is 16.0 Å². The number of hydrogen-bond acceptors (Lipinski definition) is 1. The quantitative estimate of drug-likeness (QED) is 0.487. The second-order valence-corrected chi connectivity index (χ2v) is 3.95. The highest BCUT2D eigenvalue weighted by Crippen LogP contribution is 2.29. The summed E-state index contributed by atoms with van der Waals surface area (Å²) in [7, 11) is 0. The minimum atomic E-state index is 1.38. The fourth-order valence-electron chi connectivity index (χ4n) is 1.02. The van der Waals surface area contributed by atoms with Gasteiger partial charge in [-0.25, -0.2) is 0 Å². The van der Waals surface area contributed by atoms with Crippen LogP contribution in [0.1, 0.15) is 4.88 Å². The Morgan fingerprint density at radius 1 is 0.917 bits per heavy atom. The number of thiophene rings is 1. The standard InChI is InChI=1S/C6H4.C5H6S/c1-2-6-4-3-5(1)6;1-5-3-2-4-6-5/h1-4H;2-4H,1H3. The van der Waals surface area contributed by atoms with Crippen molar-refractivity contribution in [2.75, 3.05) is 0 Å². The lowest BCUT2D eigenvalue weighted by Crippen LogP contribution is -1.85. The topological polar surface area (TPSA) is 0 Å². The number of fused-ring (bicyclic) bond motifs is 1. The molecule has 0 saturated heterocycles. The summed E-state index contributed by atoms with van der Waals surface area (Å²) in [6, 6.07) is 12.6. The molecule has 3 rings (SSSR count). The van der Waals surface area contributed by atoms with Crippen LogP contribution in [0.15, 0.2) is 41.8 Å². The van der Waals surface area contributed by atoms with Gasteiger partial charge in [-0.05, 0) is 29.5 Å². The van der Waals surface area contributed by atoms with Gasteiger partial charge in [0.1, 0.15) is 0 Å². The van der Waals surface area contributed by atoms with Crippen molar-refractivity contribution in [3.05, 3.63) is 46.7 Å². The van der Waals surface area contributed by atoms with E-state index in [4.69, 9.17) is 0 Å². The molecule has 1 aromatic rings. The van der Waals surface area contributed by atoms with Crippen molar-refractivity contribution in [2.45, 2.75) is 6.92 Å². The van der Waals surface area contributed by atoms with E-state index in [0.717, 1.165) is 0 Å². The van der Waals surface area contributed by atoms with Crippen LogP contribution in [-0.4, -0.2) is 0 Å². The van der Waals surface area contributed by atoms with Crippen molar-refractivity contribution < 1.29 is 0 Å². The van der Waals surface area contributed by atoms with Gasteiger partial charge < -0.3 is 0 Å². The molecule has 0 saturated carbocycles. The SMILES string of the molecule is Cc1cccs1.c1cc2ccc1-2. The third kappa shape index (κ3) is 1.41. The van der Waals surface area contributed by atoms with Crippen LogP contribution >= 0.6 is 11.3 Å². The zero-order chi connectivity index (χ0) is 8.39. The Morgan fingerprint density at radius 2 is 1.50 bits per heavy atom. The first-order valence-electron chi connectivity index (χ1n) is 3.97. The normalized spacial score (nSPS) is 10.1. The predicted molar refractivity (Wildman–Crippen MR) is 54.5 cm³/mol. The number of rotatable bonds is 0. The molecule has 0 atom stereocenters. The Hall–Kier alpha value is -1.08. The molecule has 60 valence electrons. The van der Waals surface area contributed by atoms with Gasteiger partial charge in [-0.1, -0.05) is 30.3 Å². The van der Waals surface area contributed by atoms with Crippen LogP contribution in [0.4, 0.5) is 0 Å². The molecule has 1 heterocycles. The van der Waals surface area contributed by atoms with E-state index in [1.807, 2.05) is 0 Å². The van der Waals surface area contributed by atoms with Gasteiger partial charge in [0.25, 0.3) is 0 Å². The Kier molecular flexibility index (Phi) is 1.96. The second-order valence-electron chi connectivity index (χ2n) is 2.80. The number of benzene rings is 1. The molecule has 1 aromatic heterocycles. The van der Waals surface area contributed by atoms with Gasteiger partial charge in [-0.15, -0.1) is 11.3 Å². The van der Waals surface area contributed by atoms with Crippen molar-refractivity contribution in [2.24, 2.45) is 0 Å². The second kappa shape index (κ2) is 3.11. The minimum Gasteiger partial charge on any atom is -0.149 e. The summed E-state index contributed by atoms with van der Waals surface area (Å²) in [6.07, 6.45) is 0. The summed E-state index contributed by atoms with van der Waals surface area (Å²) in [5.74, 6) is 0. The summed E-state index contributed by atoms with van der Waals surface area (Å²) >= 11 is 1.78. The molecule has 12 heavy (non-hydrogen) atoms. The zero-order valence-electron chi connectivity index (χ0n) is 6.95. The molecule has 0 amide bonds. The molecule has 2 aliphatic rings. The highest BCUT2D eigenvalue weighted by Gasteiger charge is 2.03. The Balaban J connectivity index is 0.0000000939. The van der Waals surface area contributed by atoms with Crippen molar-refractivity contribution in [3.8, 4) is 11.1 Å². The van der Waals surface area contributed by atoms with Crippen LogP contribution in [0.2, 0.25) is 0 Å². The van der Waals surface area contributed by atoms with Crippen LogP contribution in [-0.2, 0) is 0 Å². The van der Waals surface area contributed by atoms with E-state index >= 15 is 0 Å². The number of hydrogen-bond donors (Lipinski definition) is 0. The summed E-state index contributed by atoms with van der Waals surface area (Å²) in [5, 5.41) is 2.08. The fraction of sp³-hybridized carbons (Fsp3) is 0.0909. The average molecular weight is 174 g/mol. The lowest BCUT2D eigenvalue weighted by Gasteiger charge is -2.10. The molecule has 0 nitrogen and oxygen atoms in total. The molecule has 0 aromatic carbocycles. The molecule has 2 aliphatic carbocycles. The van der Waals surface area contributed by atoms with Crippen molar-refractivity contribution in [1.82, 2.24) is 0 Å². The molecule has 0 bridgehead atoms. The highest BCUT2D eigenvalue weighted by molar-refractivity contribution is 7.09. The molecule has 1 heteroatoms. The summed E-state index contributed by atoms with van der Waals surface area (Å²) < 4.78 is 0. The first kappa shape index (κ1) is 7.56. The third-order valence-corrected chi connectivity index (χ3v) is 2.68.